The van der Waals surface area contributed by atoms with Gasteiger partial charge in [-0.25, -0.2) is 0 Å². The largest absolute Gasteiger partial charge is 0.493 e. The number of carbonyl (C=O) groups is 1. The molecule has 7 nitrogen and oxygen atoms in total. The van der Waals surface area contributed by atoms with Crippen molar-refractivity contribution in [3.05, 3.63) is 126 Å². The highest BCUT2D eigenvalue weighted by atomic mass is 16.5. The minimum Gasteiger partial charge on any atom is -0.493 e. The molecule has 0 saturated heterocycles. The third kappa shape index (κ3) is 5.86. The summed E-state index contributed by atoms with van der Waals surface area (Å²) in [4.78, 5) is 12.3. The van der Waals surface area contributed by atoms with E-state index in [0.29, 0.717) is 34.9 Å². The molecule has 1 atom stereocenters. The number of nitrogens with zero attached hydrogens (tertiary/aromatic N) is 2. The van der Waals surface area contributed by atoms with E-state index in [2.05, 4.69) is 70.7 Å². The number of nitriles is 1. The van der Waals surface area contributed by atoms with Gasteiger partial charge >= 0.3 is 0 Å². The normalized spacial score (nSPS) is 11.5. The van der Waals surface area contributed by atoms with Crippen LogP contribution < -0.4 is 20.5 Å². The zero-order valence-corrected chi connectivity index (χ0v) is 21.5. The topological polar surface area (TPSA) is 102 Å². The Morgan fingerprint density at radius 2 is 1.74 bits per heavy atom. The van der Waals surface area contributed by atoms with E-state index in [0.717, 1.165) is 23.0 Å². The van der Waals surface area contributed by atoms with Crippen LogP contribution in [0.4, 0.5) is 5.69 Å². The average Bonchev–Trinajstić information content (AvgIpc) is 3.37. The average molecular weight is 517 g/mol. The third-order valence-corrected chi connectivity index (χ3v) is 6.56. The maximum absolute atomic E-state index is 12.3. The molecule has 1 amide bonds. The highest BCUT2D eigenvalue weighted by Gasteiger charge is 2.20. The second-order valence-electron chi connectivity index (χ2n) is 9.19. The van der Waals surface area contributed by atoms with Crippen molar-refractivity contribution in [1.82, 2.24) is 4.57 Å². The van der Waals surface area contributed by atoms with Crippen LogP contribution in [0.5, 0.6) is 11.5 Å². The van der Waals surface area contributed by atoms with Crippen molar-refractivity contribution >= 4 is 22.5 Å². The van der Waals surface area contributed by atoms with E-state index in [1.807, 2.05) is 6.07 Å². The van der Waals surface area contributed by atoms with Gasteiger partial charge in [0.25, 0.3) is 0 Å². The third-order valence-electron chi connectivity index (χ3n) is 6.56. The van der Waals surface area contributed by atoms with Crippen molar-refractivity contribution in [2.24, 2.45) is 5.73 Å². The lowest BCUT2D eigenvalue weighted by Gasteiger charge is -2.19. The van der Waals surface area contributed by atoms with Gasteiger partial charge in [0.2, 0.25) is 5.91 Å². The summed E-state index contributed by atoms with van der Waals surface area (Å²) in [6, 6.07) is 32.2. The molecule has 7 heteroatoms. The molecule has 1 heterocycles. The Morgan fingerprint density at radius 1 is 0.949 bits per heavy atom. The van der Waals surface area contributed by atoms with Gasteiger partial charge in [-0.1, -0.05) is 42.5 Å². The second kappa shape index (κ2) is 11.4. The first-order valence-electron chi connectivity index (χ1n) is 12.5. The lowest BCUT2D eigenvalue weighted by molar-refractivity contribution is -0.118. The number of nitrogens with two attached hydrogens (primary N) is 1. The Morgan fingerprint density at radius 3 is 2.46 bits per heavy atom. The summed E-state index contributed by atoms with van der Waals surface area (Å²) in [5, 5.41) is 13.3. The molecule has 1 aromatic heterocycles. The van der Waals surface area contributed by atoms with Crippen molar-refractivity contribution < 1.29 is 14.3 Å². The number of carbonyl (C=O) groups excluding carboxylic acids is 1. The van der Waals surface area contributed by atoms with Gasteiger partial charge in [-0.05, 0) is 76.7 Å². The number of hydrogen-bond acceptors (Lipinski definition) is 5. The van der Waals surface area contributed by atoms with Crippen LogP contribution in [-0.4, -0.2) is 17.6 Å². The molecule has 5 aromatic rings. The predicted octanol–water partition coefficient (Wildman–Crippen LogP) is 5.79. The van der Waals surface area contributed by atoms with Crippen molar-refractivity contribution in [2.75, 3.05) is 12.4 Å². The van der Waals surface area contributed by atoms with Crippen LogP contribution in [0.1, 0.15) is 28.3 Å². The number of methoxy groups -OCH3 is 1. The molecule has 5 rings (SSSR count). The molecular weight excluding hydrogens is 488 g/mol. The highest BCUT2D eigenvalue weighted by molar-refractivity contribution is 5.85. The number of fused-ring (bicyclic) bond motifs is 1. The predicted molar refractivity (Wildman–Crippen MR) is 152 cm³/mol. The Labute approximate surface area is 227 Å². The SMILES string of the molecule is COc1cc(C(Nc2ccc(C#N)cc2)C(N)=O)ccc1OCc1ccc2c(ccn2Cc2ccccc2)c1. The van der Waals surface area contributed by atoms with Gasteiger partial charge in [-0.15, -0.1) is 0 Å². The second-order valence-corrected chi connectivity index (χ2v) is 9.19. The summed E-state index contributed by atoms with van der Waals surface area (Å²) < 4.78 is 13.9. The fourth-order valence-electron chi connectivity index (χ4n) is 4.53. The molecule has 0 aliphatic carbocycles. The van der Waals surface area contributed by atoms with Gasteiger partial charge in [0, 0.05) is 23.9 Å². The number of hydrogen-bond donors (Lipinski definition) is 2. The van der Waals surface area contributed by atoms with Gasteiger partial charge in [0.05, 0.1) is 18.7 Å². The number of amides is 1. The van der Waals surface area contributed by atoms with Gasteiger partial charge in [-0.2, -0.15) is 5.26 Å². The molecule has 0 spiro atoms. The first-order chi connectivity index (χ1) is 19.0. The van der Waals surface area contributed by atoms with Crippen molar-refractivity contribution in [1.29, 1.82) is 5.26 Å². The van der Waals surface area contributed by atoms with E-state index >= 15 is 0 Å². The summed E-state index contributed by atoms with van der Waals surface area (Å²) in [6.07, 6.45) is 2.10. The maximum atomic E-state index is 12.3. The number of rotatable bonds is 10. The molecule has 3 N–H and O–H groups in total. The molecule has 0 fully saturated rings. The number of aromatic nitrogens is 1. The molecule has 39 heavy (non-hydrogen) atoms. The summed E-state index contributed by atoms with van der Waals surface area (Å²) in [6.45, 7) is 1.17. The number of primary amides is 1. The zero-order valence-electron chi connectivity index (χ0n) is 21.5. The maximum Gasteiger partial charge on any atom is 0.244 e. The van der Waals surface area contributed by atoms with E-state index in [1.54, 1.807) is 49.6 Å². The fourth-order valence-corrected chi connectivity index (χ4v) is 4.53. The number of benzene rings is 4. The Kier molecular flexibility index (Phi) is 7.46. The van der Waals surface area contributed by atoms with Crippen LogP contribution in [0.3, 0.4) is 0 Å². The van der Waals surface area contributed by atoms with Crippen LogP contribution in [0.2, 0.25) is 0 Å². The number of anilines is 1. The Balaban J connectivity index is 1.29. The Hall–Kier alpha value is -5.22. The minimum atomic E-state index is -0.789. The van der Waals surface area contributed by atoms with E-state index in [9.17, 15) is 4.79 Å². The standard InChI is InChI=1S/C32H28N4O3/c1-38-30-18-26(31(32(34)37)35-27-11-7-22(19-33)8-12-27)10-14-29(30)39-21-24-9-13-28-25(17-24)15-16-36(28)20-23-5-3-2-4-6-23/h2-18,31,35H,20-21H2,1H3,(H2,34,37). The van der Waals surface area contributed by atoms with E-state index in [1.165, 1.54) is 5.56 Å². The smallest absolute Gasteiger partial charge is 0.244 e. The summed E-state index contributed by atoms with van der Waals surface area (Å²) in [5.41, 5.74) is 11.0. The zero-order chi connectivity index (χ0) is 27.2. The summed E-state index contributed by atoms with van der Waals surface area (Å²) >= 11 is 0. The molecule has 194 valence electrons. The monoisotopic (exact) mass is 516 g/mol. The molecule has 0 radical (unpaired) electrons. The van der Waals surface area contributed by atoms with Gasteiger partial charge in [0.1, 0.15) is 12.6 Å². The van der Waals surface area contributed by atoms with Crippen LogP contribution in [0.15, 0.2) is 103 Å². The number of ether oxygens (including phenoxy) is 2. The lowest BCUT2D eigenvalue weighted by atomic mass is 10.0. The van der Waals surface area contributed by atoms with Crippen molar-refractivity contribution in [2.45, 2.75) is 19.2 Å². The van der Waals surface area contributed by atoms with Gasteiger partial charge in [-0.3, -0.25) is 4.79 Å². The molecule has 4 aromatic carbocycles. The summed E-state index contributed by atoms with van der Waals surface area (Å²) in [5.74, 6) is 0.516. The van der Waals surface area contributed by atoms with Crippen molar-refractivity contribution in [3.63, 3.8) is 0 Å². The van der Waals surface area contributed by atoms with E-state index in [-0.39, 0.29) is 0 Å². The van der Waals surface area contributed by atoms with Crippen molar-refractivity contribution in [3.8, 4) is 17.6 Å². The highest BCUT2D eigenvalue weighted by Crippen LogP contribution is 2.32. The molecule has 0 bridgehead atoms. The molecule has 0 aliphatic rings. The van der Waals surface area contributed by atoms with E-state index < -0.39 is 11.9 Å². The van der Waals surface area contributed by atoms with E-state index in [4.69, 9.17) is 20.5 Å². The number of nitrogens with one attached hydrogen (secondary N) is 1. The molecule has 0 aliphatic heterocycles. The van der Waals surface area contributed by atoms with Gasteiger partial charge < -0.3 is 25.1 Å². The Bertz CT molecular complexity index is 1640. The molecule has 1 unspecified atom stereocenters. The van der Waals surface area contributed by atoms with Crippen LogP contribution >= 0.6 is 0 Å². The lowest BCUT2D eigenvalue weighted by Crippen LogP contribution is -2.27. The first-order valence-corrected chi connectivity index (χ1v) is 12.5. The first kappa shape index (κ1) is 25.4. The van der Waals surface area contributed by atoms with Crippen LogP contribution in [0, 0.1) is 11.3 Å². The quantitative estimate of drug-likeness (QED) is 0.245. The van der Waals surface area contributed by atoms with Gasteiger partial charge in [0.15, 0.2) is 11.5 Å². The molecule has 0 saturated carbocycles. The molecular formula is C32H28N4O3. The van der Waals surface area contributed by atoms with Crippen LogP contribution in [-0.2, 0) is 17.9 Å². The summed E-state index contributed by atoms with van der Waals surface area (Å²) in [7, 11) is 1.56. The fraction of sp³-hybridized carbons (Fsp3) is 0.125. The minimum absolute atomic E-state index is 0.359. The van der Waals surface area contributed by atoms with Crippen LogP contribution in [0.25, 0.3) is 10.9 Å².